The van der Waals surface area contributed by atoms with Gasteiger partial charge in [-0.05, 0) is 24.3 Å². The lowest BCUT2D eigenvalue weighted by molar-refractivity contribution is -0.144. The van der Waals surface area contributed by atoms with E-state index in [-0.39, 0.29) is 16.9 Å². The Hall–Kier alpha value is -3.14. The first kappa shape index (κ1) is 14.8. The van der Waals surface area contributed by atoms with Crippen molar-refractivity contribution in [1.29, 1.82) is 0 Å². The van der Waals surface area contributed by atoms with Gasteiger partial charge in [0.25, 0.3) is 0 Å². The summed E-state index contributed by atoms with van der Waals surface area (Å²) < 4.78 is 38.1. The average Bonchev–Trinajstić information content (AvgIpc) is 2.53. The van der Waals surface area contributed by atoms with E-state index in [0.717, 1.165) is 5.56 Å². The fourth-order valence-corrected chi connectivity index (χ4v) is 2.09. The van der Waals surface area contributed by atoms with Crippen molar-refractivity contribution >= 4 is 16.9 Å². The summed E-state index contributed by atoms with van der Waals surface area (Å²) in [6.07, 6.45) is 0.687. The van der Waals surface area contributed by atoms with Crippen molar-refractivity contribution < 1.29 is 13.2 Å². The van der Waals surface area contributed by atoms with Crippen molar-refractivity contribution in [3.05, 3.63) is 47.8 Å². The number of hydrogen-bond acceptors (Lipinski definition) is 4. The van der Waals surface area contributed by atoms with E-state index in [2.05, 4.69) is 20.9 Å². The standard InChI is InChI=1S/C16H9F3N4/c1-2-9-4-3-5-10(8-9)11-6-7-12-13(21-11)14(20)23-15(22-12)16(17,18)19/h1,3-8H,(H2,20,22,23). The highest BCUT2D eigenvalue weighted by atomic mass is 19.4. The quantitative estimate of drug-likeness (QED) is 0.700. The van der Waals surface area contributed by atoms with Crippen LogP contribution in [0, 0.1) is 12.3 Å². The largest absolute Gasteiger partial charge is 0.451 e. The number of anilines is 1. The number of benzene rings is 1. The summed E-state index contributed by atoms with van der Waals surface area (Å²) in [7, 11) is 0. The Morgan fingerprint density at radius 1 is 1.04 bits per heavy atom. The Kier molecular flexibility index (Phi) is 3.37. The zero-order valence-electron chi connectivity index (χ0n) is 11.6. The van der Waals surface area contributed by atoms with Crippen LogP contribution in [0.25, 0.3) is 22.3 Å². The van der Waals surface area contributed by atoms with Crippen LogP contribution in [0.5, 0.6) is 0 Å². The molecule has 0 saturated heterocycles. The summed E-state index contributed by atoms with van der Waals surface area (Å²) in [5, 5.41) is 0. The van der Waals surface area contributed by atoms with Crippen molar-refractivity contribution in [3.63, 3.8) is 0 Å². The number of aromatic nitrogens is 3. The van der Waals surface area contributed by atoms with E-state index in [4.69, 9.17) is 12.2 Å². The van der Waals surface area contributed by atoms with Crippen LogP contribution in [0.15, 0.2) is 36.4 Å². The summed E-state index contributed by atoms with van der Waals surface area (Å²) in [5.41, 5.74) is 7.66. The van der Waals surface area contributed by atoms with E-state index in [0.29, 0.717) is 11.3 Å². The molecule has 1 aromatic carbocycles. The molecule has 0 saturated carbocycles. The Balaban J connectivity index is 2.16. The summed E-state index contributed by atoms with van der Waals surface area (Å²) in [6.45, 7) is 0. The fraction of sp³-hybridized carbons (Fsp3) is 0.0625. The predicted molar refractivity (Wildman–Crippen MR) is 80.1 cm³/mol. The van der Waals surface area contributed by atoms with Gasteiger partial charge in [-0.1, -0.05) is 18.1 Å². The van der Waals surface area contributed by atoms with Crippen LogP contribution in [0.2, 0.25) is 0 Å². The van der Waals surface area contributed by atoms with Gasteiger partial charge in [-0.25, -0.2) is 15.0 Å². The van der Waals surface area contributed by atoms with Crippen molar-refractivity contribution in [3.8, 4) is 23.6 Å². The molecule has 3 aromatic rings. The van der Waals surface area contributed by atoms with E-state index in [9.17, 15) is 13.2 Å². The number of fused-ring (bicyclic) bond motifs is 1. The van der Waals surface area contributed by atoms with Crippen LogP contribution in [-0.4, -0.2) is 15.0 Å². The minimum absolute atomic E-state index is 0.0293. The zero-order valence-corrected chi connectivity index (χ0v) is 11.6. The summed E-state index contributed by atoms with van der Waals surface area (Å²) in [5.74, 6) is 0.900. The fourth-order valence-electron chi connectivity index (χ4n) is 2.09. The second kappa shape index (κ2) is 5.25. The molecule has 114 valence electrons. The molecule has 4 nitrogen and oxygen atoms in total. The third-order valence-electron chi connectivity index (χ3n) is 3.15. The van der Waals surface area contributed by atoms with Crippen molar-refractivity contribution in [2.75, 3.05) is 5.73 Å². The number of pyridine rings is 1. The maximum absolute atomic E-state index is 12.7. The first-order valence-corrected chi connectivity index (χ1v) is 6.47. The highest BCUT2D eigenvalue weighted by molar-refractivity contribution is 5.86. The molecule has 0 aliphatic heterocycles. The highest BCUT2D eigenvalue weighted by Crippen LogP contribution is 2.30. The number of halogens is 3. The van der Waals surface area contributed by atoms with Gasteiger partial charge < -0.3 is 5.73 Å². The van der Waals surface area contributed by atoms with Crippen molar-refractivity contribution in [1.82, 2.24) is 15.0 Å². The third kappa shape index (κ3) is 2.79. The molecule has 2 N–H and O–H groups in total. The van der Waals surface area contributed by atoms with E-state index in [1.807, 2.05) is 0 Å². The molecule has 2 heterocycles. The lowest BCUT2D eigenvalue weighted by Gasteiger charge is -2.09. The molecule has 0 bridgehead atoms. The van der Waals surface area contributed by atoms with Crippen molar-refractivity contribution in [2.24, 2.45) is 0 Å². The SMILES string of the molecule is C#Cc1cccc(-c2ccc3nc(C(F)(F)F)nc(N)c3n2)c1. The molecule has 0 amide bonds. The molecule has 23 heavy (non-hydrogen) atoms. The molecule has 0 radical (unpaired) electrons. The van der Waals surface area contributed by atoms with E-state index in [1.54, 1.807) is 30.3 Å². The van der Waals surface area contributed by atoms with E-state index >= 15 is 0 Å². The molecule has 0 unspecified atom stereocenters. The second-order valence-electron chi connectivity index (χ2n) is 4.72. The molecule has 0 spiro atoms. The van der Waals surface area contributed by atoms with Gasteiger partial charge in [-0.2, -0.15) is 13.2 Å². The Morgan fingerprint density at radius 3 is 2.52 bits per heavy atom. The topological polar surface area (TPSA) is 64.7 Å². The molecule has 2 aromatic heterocycles. The van der Waals surface area contributed by atoms with Gasteiger partial charge in [-0.3, -0.25) is 0 Å². The molecule has 0 atom stereocenters. The van der Waals surface area contributed by atoms with Crippen LogP contribution < -0.4 is 5.73 Å². The minimum atomic E-state index is -4.66. The predicted octanol–water partition coefficient (Wildman–Crippen LogP) is 3.27. The molecular formula is C16H9F3N4. The summed E-state index contributed by atoms with van der Waals surface area (Å²) in [4.78, 5) is 11.0. The van der Waals surface area contributed by atoms with E-state index < -0.39 is 12.0 Å². The third-order valence-corrected chi connectivity index (χ3v) is 3.15. The zero-order chi connectivity index (χ0) is 16.6. The Morgan fingerprint density at radius 2 is 1.83 bits per heavy atom. The molecular weight excluding hydrogens is 305 g/mol. The first-order chi connectivity index (χ1) is 10.9. The van der Waals surface area contributed by atoms with Crippen LogP contribution in [-0.2, 0) is 6.18 Å². The van der Waals surface area contributed by atoms with Gasteiger partial charge in [-0.15, -0.1) is 6.42 Å². The van der Waals surface area contributed by atoms with Gasteiger partial charge in [0.15, 0.2) is 5.82 Å². The number of nitrogens with zero attached hydrogens (tertiary/aromatic N) is 3. The van der Waals surface area contributed by atoms with Crippen LogP contribution in [0.1, 0.15) is 11.4 Å². The molecule has 0 aliphatic carbocycles. The van der Waals surface area contributed by atoms with Gasteiger partial charge in [0.1, 0.15) is 5.52 Å². The smallest absolute Gasteiger partial charge is 0.382 e. The lowest BCUT2D eigenvalue weighted by atomic mass is 10.1. The normalized spacial score (nSPS) is 11.4. The number of nitrogen functional groups attached to an aromatic ring is 1. The number of alkyl halides is 3. The number of nitrogens with two attached hydrogens (primary N) is 1. The van der Waals surface area contributed by atoms with Gasteiger partial charge in [0.2, 0.25) is 5.82 Å². The van der Waals surface area contributed by atoms with Gasteiger partial charge in [0.05, 0.1) is 11.2 Å². The van der Waals surface area contributed by atoms with Crippen molar-refractivity contribution in [2.45, 2.75) is 6.18 Å². The molecule has 0 fully saturated rings. The second-order valence-corrected chi connectivity index (χ2v) is 4.72. The molecule has 3 rings (SSSR count). The summed E-state index contributed by atoms with van der Waals surface area (Å²) in [6, 6.07) is 10.0. The average molecular weight is 314 g/mol. The number of rotatable bonds is 1. The van der Waals surface area contributed by atoms with Crippen LogP contribution in [0.3, 0.4) is 0 Å². The maximum Gasteiger partial charge on any atom is 0.451 e. The molecule has 0 aliphatic rings. The number of terminal acetylenes is 1. The minimum Gasteiger partial charge on any atom is -0.382 e. The number of hydrogen-bond donors (Lipinski definition) is 1. The van der Waals surface area contributed by atoms with Crippen LogP contribution in [0.4, 0.5) is 19.0 Å². The summed E-state index contributed by atoms with van der Waals surface area (Å²) >= 11 is 0. The van der Waals surface area contributed by atoms with Crippen LogP contribution >= 0.6 is 0 Å². The molecule has 7 heteroatoms. The Bertz CT molecular complexity index is 942. The first-order valence-electron chi connectivity index (χ1n) is 6.47. The lowest BCUT2D eigenvalue weighted by Crippen LogP contribution is -2.13. The Labute approximate surface area is 129 Å². The van der Waals surface area contributed by atoms with Gasteiger partial charge >= 0.3 is 6.18 Å². The monoisotopic (exact) mass is 314 g/mol. The van der Waals surface area contributed by atoms with Gasteiger partial charge in [0, 0.05) is 11.1 Å². The highest BCUT2D eigenvalue weighted by Gasteiger charge is 2.35. The maximum atomic E-state index is 12.7. The van der Waals surface area contributed by atoms with E-state index in [1.165, 1.54) is 6.07 Å².